The number of amides is 1. The minimum atomic E-state index is 0.129. The normalized spacial score (nSPS) is 23.4. The fourth-order valence-electron chi connectivity index (χ4n) is 5.43. The lowest BCUT2D eigenvalue weighted by atomic mass is 9.73. The van der Waals surface area contributed by atoms with E-state index in [4.69, 9.17) is 9.72 Å². The van der Waals surface area contributed by atoms with E-state index in [1.165, 1.54) is 0 Å². The molecule has 3 aromatic rings. The molecule has 6 rings (SSSR count). The van der Waals surface area contributed by atoms with Crippen molar-refractivity contribution in [2.24, 2.45) is 5.41 Å². The Labute approximate surface area is 213 Å². The third-order valence-electron chi connectivity index (χ3n) is 7.49. The number of fused-ring (bicyclic) bond motifs is 1. The van der Waals surface area contributed by atoms with Gasteiger partial charge in [0, 0.05) is 66.7 Å². The first-order valence-corrected chi connectivity index (χ1v) is 14.3. The fourth-order valence-corrected chi connectivity index (χ4v) is 6.72. The number of nitrogens with zero attached hydrogens (tertiary/aromatic N) is 4. The van der Waals surface area contributed by atoms with Crippen molar-refractivity contribution in [3.63, 3.8) is 0 Å². The maximum absolute atomic E-state index is 13.0. The van der Waals surface area contributed by atoms with Crippen LogP contribution >= 0.6 is 23.1 Å². The van der Waals surface area contributed by atoms with Gasteiger partial charge < -0.3 is 20.3 Å². The van der Waals surface area contributed by atoms with E-state index in [0.29, 0.717) is 18.0 Å². The molecule has 3 fully saturated rings. The number of thioether (sulfide) groups is 1. The summed E-state index contributed by atoms with van der Waals surface area (Å²) >= 11 is 3.27. The van der Waals surface area contributed by atoms with Crippen LogP contribution in [0.5, 0.6) is 0 Å². The number of hydrogen-bond acceptors (Lipinski definition) is 9. The van der Waals surface area contributed by atoms with Crippen LogP contribution < -0.4 is 10.6 Å². The highest BCUT2D eigenvalue weighted by Crippen LogP contribution is 2.40. The lowest BCUT2D eigenvalue weighted by Crippen LogP contribution is -2.60. The van der Waals surface area contributed by atoms with Crippen molar-refractivity contribution in [2.75, 3.05) is 43.2 Å². The lowest BCUT2D eigenvalue weighted by molar-refractivity contribution is -0.0666. The Balaban J connectivity index is 1.05. The van der Waals surface area contributed by atoms with Crippen molar-refractivity contribution in [3.05, 3.63) is 36.2 Å². The molecule has 10 heteroatoms. The predicted octanol–water partition coefficient (Wildman–Crippen LogP) is 4.51. The summed E-state index contributed by atoms with van der Waals surface area (Å²) in [5, 5.41) is 7.99. The maximum atomic E-state index is 13.0. The van der Waals surface area contributed by atoms with Gasteiger partial charge in [0.05, 0.1) is 10.2 Å². The van der Waals surface area contributed by atoms with Gasteiger partial charge in [0.2, 0.25) is 5.95 Å². The monoisotopic (exact) mass is 510 g/mol. The van der Waals surface area contributed by atoms with Crippen LogP contribution in [-0.2, 0) is 4.74 Å². The smallest absolute Gasteiger partial charge is 0.253 e. The summed E-state index contributed by atoms with van der Waals surface area (Å²) in [7, 11) is 0. The molecule has 3 aliphatic rings. The van der Waals surface area contributed by atoms with Crippen molar-refractivity contribution in [1.29, 1.82) is 0 Å². The Bertz CT molecular complexity index is 1200. The number of ether oxygens (including phenoxy) is 1. The summed E-state index contributed by atoms with van der Waals surface area (Å²) < 4.78 is 6.55. The predicted molar refractivity (Wildman–Crippen MR) is 140 cm³/mol. The molecular weight excluding hydrogens is 480 g/mol. The highest BCUT2D eigenvalue weighted by Gasteiger charge is 2.45. The van der Waals surface area contributed by atoms with E-state index < -0.39 is 0 Å². The number of thiazole rings is 1. The van der Waals surface area contributed by atoms with Crippen LogP contribution in [0, 0.1) is 5.41 Å². The molecule has 2 atom stereocenters. The SMILES string of the molecule is CSc1cnc(N[C@H]2CC[C@H](Nc3nc4ccc(C(=O)N5CC6(CCOCC6)C5)cc4s3)C2)nc1. The van der Waals surface area contributed by atoms with Crippen LogP contribution in [0.2, 0.25) is 0 Å². The number of aromatic nitrogens is 3. The van der Waals surface area contributed by atoms with Crippen LogP contribution in [-0.4, -0.2) is 70.4 Å². The van der Waals surface area contributed by atoms with Gasteiger partial charge in [-0.05, 0) is 56.6 Å². The first kappa shape index (κ1) is 23.0. The second-order valence-electron chi connectivity index (χ2n) is 9.92. The molecule has 2 aliphatic heterocycles. The van der Waals surface area contributed by atoms with Gasteiger partial charge in [0.25, 0.3) is 5.91 Å². The van der Waals surface area contributed by atoms with E-state index >= 15 is 0 Å². The first-order valence-electron chi connectivity index (χ1n) is 12.3. The molecule has 0 bridgehead atoms. The summed E-state index contributed by atoms with van der Waals surface area (Å²) in [5.41, 5.74) is 1.98. The van der Waals surface area contributed by atoms with Gasteiger partial charge in [0.15, 0.2) is 5.13 Å². The number of benzene rings is 1. The van der Waals surface area contributed by atoms with Crippen LogP contribution in [0.1, 0.15) is 42.5 Å². The van der Waals surface area contributed by atoms with E-state index in [0.717, 1.165) is 84.2 Å². The molecule has 0 unspecified atom stereocenters. The molecule has 2 aromatic heterocycles. The van der Waals surface area contributed by atoms with Gasteiger partial charge in [-0.1, -0.05) is 11.3 Å². The highest BCUT2D eigenvalue weighted by atomic mass is 32.2. The van der Waals surface area contributed by atoms with Gasteiger partial charge in [-0.15, -0.1) is 11.8 Å². The Kier molecular flexibility index (Phi) is 6.28. The standard InChI is InChI=1S/C25H30N6O2S2/c1-34-19-12-26-23(27-13-19)28-17-3-4-18(11-17)29-24-30-20-5-2-16(10-21(20)35-24)22(32)31-14-25(15-31)6-8-33-9-7-25/h2,5,10,12-13,17-18H,3-4,6-9,11,14-15H2,1H3,(H,29,30)(H,26,27,28)/t17-,18-/m0/s1. The van der Waals surface area contributed by atoms with Crippen molar-refractivity contribution < 1.29 is 9.53 Å². The maximum Gasteiger partial charge on any atom is 0.253 e. The number of likely N-dealkylation sites (tertiary alicyclic amines) is 1. The molecule has 1 aliphatic carbocycles. The van der Waals surface area contributed by atoms with E-state index in [1.54, 1.807) is 23.1 Å². The van der Waals surface area contributed by atoms with E-state index in [9.17, 15) is 4.79 Å². The van der Waals surface area contributed by atoms with Crippen molar-refractivity contribution >= 4 is 50.3 Å². The Morgan fingerprint density at radius 2 is 1.89 bits per heavy atom. The fraction of sp³-hybridized carbons (Fsp3) is 0.520. The molecule has 0 radical (unpaired) electrons. The zero-order chi connectivity index (χ0) is 23.8. The van der Waals surface area contributed by atoms with Crippen LogP contribution in [0.25, 0.3) is 10.2 Å². The van der Waals surface area contributed by atoms with Crippen LogP contribution in [0.3, 0.4) is 0 Å². The highest BCUT2D eigenvalue weighted by molar-refractivity contribution is 7.98. The number of carbonyl (C=O) groups excluding carboxylic acids is 1. The number of hydrogen-bond donors (Lipinski definition) is 2. The molecule has 1 amide bonds. The Morgan fingerprint density at radius 3 is 2.63 bits per heavy atom. The van der Waals surface area contributed by atoms with Gasteiger partial charge in [0.1, 0.15) is 0 Å². The molecule has 8 nitrogen and oxygen atoms in total. The van der Waals surface area contributed by atoms with E-state index in [-0.39, 0.29) is 11.3 Å². The van der Waals surface area contributed by atoms with Gasteiger partial charge >= 0.3 is 0 Å². The van der Waals surface area contributed by atoms with Gasteiger partial charge in [-0.3, -0.25) is 4.79 Å². The number of nitrogens with one attached hydrogen (secondary N) is 2. The second kappa shape index (κ2) is 9.55. The molecule has 1 spiro atoms. The number of anilines is 2. The Hall–Kier alpha value is -2.43. The largest absolute Gasteiger partial charge is 0.381 e. The molecule has 1 saturated carbocycles. The number of carbonyl (C=O) groups is 1. The zero-order valence-corrected chi connectivity index (χ0v) is 21.5. The van der Waals surface area contributed by atoms with Crippen LogP contribution in [0.4, 0.5) is 11.1 Å². The van der Waals surface area contributed by atoms with Crippen molar-refractivity contribution in [2.45, 2.75) is 49.1 Å². The van der Waals surface area contributed by atoms with Crippen LogP contribution in [0.15, 0.2) is 35.5 Å². The molecule has 35 heavy (non-hydrogen) atoms. The molecule has 184 valence electrons. The topological polar surface area (TPSA) is 92.3 Å². The molecule has 4 heterocycles. The van der Waals surface area contributed by atoms with Gasteiger partial charge in [-0.2, -0.15) is 0 Å². The summed E-state index contributed by atoms with van der Waals surface area (Å²) in [6.45, 7) is 3.35. The minimum Gasteiger partial charge on any atom is -0.381 e. The third kappa shape index (κ3) is 4.83. The average Bonchev–Trinajstić information content (AvgIpc) is 3.48. The summed E-state index contributed by atoms with van der Waals surface area (Å²) in [6.07, 6.45) is 11.0. The second-order valence-corrected chi connectivity index (χ2v) is 11.8. The zero-order valence-electron chi connectivity index (χ0n) is 19.8. The van der Waals surface area contributed by atoms with Crippen molar-refractivity contribution in [1.82, 2.24) is 19.9 Å². The molecular formula is C25H30N6O2S2. The lowest BCUT2D eigenvalue weighted by Gasteiger charge is -2.52. The average molecular weight is 511 g/mol. The van der Waals surface area contributed by atoms with E-state index in [2.05, 4.69) is 20.6 Å². The Morgan fingerprint density at radius 1 is 1.14 bits per heavy atom. The first-order chi connectivity index (χ1) is 17.1. The summed E-state index contributed by atoms with van der Waals surface area (Å²) in [5.74, 6) is 0.819. The van der Waals surface area contributed by atoms with Crippen molar-refractivity contribution in [3.8, 4) is 0 Å². The van der Waals surface area contributed by atoms with E-state index in [1.807, 2.05) is 41.7 Å². The summed E-state index contributed by atoms with van der Waals surface area (Å²) in [6, 6.07) is 6.60. The quantitative estimate of drug-likeness (QED) is 0.468. The molecule has 2 saturated heterocycles. The summed E-state index contributed by atoms with van der Waals surface area (Å²) in [4.78, 5) is 29.7. The molecule has 2 N–H and O–H groups in total. The van der Waals surface area contributed by atoms with Gasteiger partial charge in [-0.25, -0.2) is 15.0 Å². The number of rotatable bonds is 6. The third-order valence-corrected chi connectivity index (χ3v) is 9.12. The molecule has 1 aromatic carbocycles. The minimum absolute atomic E-state index is 0.129.